The lowest BCUT2D eigenvalue weighted by Gasteiger charge is -2.20. The lowest BCUT2D eigenvalue weighted by atomic mass is 10.1. The van der Waals surface area contributed by atoms with Crippen LogP contribution < -0.4 is 15.1 Å². The van der Waals surface area contributed by atoms with E-state index < -0.39 is 7.37 Å². The van der Waals surface area contributed by atoms with Gasteiger partial charge in [-0.2, -0.15) is 0 Å². The molecule has 0 saturated heterocycles. The van der Waals surface area contributed by atoms with Crippen LogP contribution in [0.2, 0.25) is 0 Å². The predicted octanol–water partition coefficient (Wildman–Crippen LogP) is 5.63. The van der Waals surface area contributed by atoms with Gasteiger partial charge in [0.25, 0.3) is 0 Å². The van der Waals surface area contributed by atoms with E-state index in [1.807, 2.05) is 91.0 Å². The minimum atomic E-state index is -3.31. The average molecular weight is 383 g/mol. The minimum absolute atomic E-state index is 0.588. The Hall–Kier alpha value is -3.29. The van der Waals surface area contributed by atoms with Gasteiger partial charge in [-0.3, -0.25) is 4.57 Å². The molecule has 136 valence electrons. The van der Waals surface area contributed by atoms with E-state index in [-0.39, 0.29) is 0 Å². The molecule has 5 aromatic rings. The Morgan fingerprint density at radius 3 is 1.86 bits per heavy atom. The van der Waals surface area contributed by atoms with E-state index in [9.17, 15) is 4.57 Å². The molecular formula is C24H18NO2P. The maximum Gasteiger partial charge on any atom is 0.306 e. The second kappa shape index (κ2) is 6.70. The SMILES string of the molecule is O=P(Oc1cccc2c1[nH]c1ccccc12)(c1ccccc1)c1ccccc1. The second-order valence-corrected chi connectivity index (χ2v) is 8.98. The maximum absolute atomic E-state index is 14.2. The van der Waals surface area contributed by atoms with Crippen LogP contribution in [0.1, 0.15) is 0 Å². The standard InChI is InChI=1S/C24H18NO2P/c26-28(18-10-3-1-4-11-18,19-12-5-2-6-13-19)27-23-17-9-15-21-20-14-7-8-16-22(20)25-24(21)23/h1-17,25H. The highest BCUT2D eigenvalue weighted by atomic mass is 31.2. The van der Waals surface area contributed by atoms with Crippen LogP contribution in [0.4, 0.5) is 0 Å². The van der Waals surface area contributed by atoms with Crippen LogP contribution in [0.5, 0.6) is 5.75 Å². The molecule has 0 aliphatic heterocycles. The highest BCUT2D eigenvalue weighted by molar-refractivity contribution is 7.74. The molecular weight excluding hydrogens is 365 g/mol. The Labute approximate surface area is 163 Å². The molecule has 0 unspecified atom stereocenters. The molecule has 0 saturated carbocycles. The number of fused-ring (bicyclic) bond motifs is 3. The van der Waals surface area contributed by atoms with Gasteiger partial charge in [-0.1, -0.05) is 66.7 Å². The zero-order chi connectivity index (χ0) is 19.0. The third-order valence-corrected chi connectivity index (χ3v) is 7.33. The van der Waals surface area contributed by atoms with Crippen LogP contribution in [0.15, 0.2) is 103 Å². The third-order valence-electron chi connectivity index (χ3n) is 4.92. The lowest BCUT2D eigenvalue weighted by molar-refractivity contribution is 0.505. The van der Waals surface area contributed by atoms with Gasteiger partial charge >= 0.3 is 7.37 Å². The van der Waals surface area contributed by atoms with Gasteiger partial charge in [0.1, 0.15) is 0 Å². The molecule has 0 fully saturated rings. The molecule has 0 aliphatic rings. The fraction of sp³-hybridized carbons (Fsp3) is 0. The van der Waals surface area contributed by atoms with Gasteiger partial charge in [-0.05, 0) is 36.4 Å². The Morgan fingerprint density at radius 2 is 1.18 bits per heavy atom. The van der Waals surface area contributed by atoms with Crippen molar-refractivity contribution < 1.29 is 9.09 Å². The number of benzene rings is 4. The van der Waals surface area contributed by atoms with E-state index in [1.165, 1.54) is 0 Å². The summed E-state index contributed by atoms with van der Waals surface area (Å²) >= 11 is 0. The first-order chi connectivity index (χ1) is 13.8. The Kier molecular flexibility index (Phi) is 4.03. The highest BCUT2D eigenvalue weighted by Gasteiger charge is 2.30. The molecule has 0 aliphatic carbocycles. The van der Waals surface area contributed by atoms with Gasteiger partial charge in [0.15, 0.2) is 5.75 Å². The first kappa shape index (κ1) is 16.9. The quantitative estimate of drug-likeness (QED) is 0.409. The van der Waals surface area contributed by atoms with Gasteiger partial charge in [-0.15, -0.1) is 0 Å². The van der Waals surface area contributed by atoms with Crippen molar-refractivity contribution in [3.8, 4) is 5.75 Å². The van der Waals surface area contributed by atoms with Crippen LogP contribution in [0.3, 0.4) is 0 Å². The summed E-state index contributed by atoms with van der Waals surface area (Å²) in [6.45, 7) is 0. The number of aromatic nitrogens is 1. The molecule has 0 spiro atoms. The van der Waals surface area contributed by atoms with Gasteiger partial charge < -0.3 is 9.51 Å². The molecule has 1 aromatic heterocycles. The monoisotopic (exact) mass is 383 g/mol. The van der Waals surface area contributed by atoms with Crippen LogP contribution in [-0.2, 0) is 4.57 Å². The van der Waals surface area contributed by atoms with E-state index in [4.69, 9.17) is 4.52 Å². The summed E-state index contributed by atoms with van der Waals surface area (Å²) in [4.78, 5) is 3.43. The van der Waals surface area contributed by atoms with Gasteiger partial charge in [0, 0.05) is 16.3 Å². The summed E-state index contributed by atoms with van der Waals surface area (Å²) in [6.07, 6.45) is 0. The number of rotatable bonds is 4. The van der Waals surface area contributed by atoms with E-state index >= 15 is 0 Å². The zero-order valence-electron chi connectivity index (χ0n) is 15.1. The van der Waals surface area contributed by atoms with Crippen LogP contribution in [-0.4, -0.2) is 4.98 Å². The number of hydrogen-bond acceptors (Lipinski definition) is 2. The van der Waals surface area contributed by atoms with E-state index in [2.05, 4.69) is 17.1 Å². The Balaban J connectivity index is 1.72. The van der Waals surface area contributed by atoms with Crippen molar-refractivity contribution >= 4 is 39.8 Å². The largest absolute Gasteiger partial charge is 0.435 e. The van der Waals surface area contributed by atoms with Crippen LogP contribution in [0.25, 0.3) is 21.8 Å². The number of nitrogens with one attached hydrogen (secondary N) is 1. The molecule has 4 aromatic carbocycles. The van der Waals surface area contributed by atoms with Crippen molar-refractivity contribution in [3.05, 3.63) is 103 Å². The van der Waals surface area contributed by atoms with Crippen molar-refractivity contribution in [1.29, 1.82) is 0 Å². The number of hydrogen-bond donors (Lipinski definition) is 1. The van der Waals surface area contributed by atoms with Gasteiger partial charge in [-0.25, -0.2) is 0 Å². The third kappa shape index (κ3) is 2.72. The fourth-order valence-electron chi connectivity index (χ4n) is 3.56. The highest BCUT2D eigenvalue weighted by Crippen LogP contribution is 2.47. The topological polar surface area (TPSA) is 42.1 Å². The van der Waals surface area contributed by atoms with Crippen molar-refractivity contribution in [2.24, 2.45) is 0 Å². The van der Waals surface area contributed by atoms with Crippen LogP contribution >= 0.6 is 7.37 Å². The average Bonchev–Trinajstić information content (AvgIpc) is 3.15. The Bertz CT molecular complexity index is 1270. The predicted molar refractivity (Wildman–Crippen MR) is 116 cm³/mol. The molecule has 0 atom stereocenters. The smallest absolute Gasteiger partial charge is 0.306 e. The maximum atomic E-state index is 14.2. The van der Waals surface area contributed by atoms with Crippen molar-refractivity contribution in [2.45, 2.75) is 0 Å². The summed E-state index contributed by atoms with van der Waals surface area (Å²) in [5.41, 5.74) is 1.89. The molecule has 0 bridgehead atoms. The van der Waals surface area contributed by atoms with Crippen molar-refractivity contribution in [1.82, 2.24) is 4.98 Å². The molecule has 4 heteroatoms. The van der Waals surface area contributed by atoms with E-state index in [0.29, 0.717) is 16.4 Å². The first-order valence-corrected chi connectivity index (χ1v) is 10.8. The van der Waals surface area contributed by atoms with Crippen molar-refractivity contribution in [2.75, 3.05) is 0 Å². The number of H-pyrrole nitrogens is 1. The zero-order valence-corrected chi connectivity index (χ0v) is 16.0. The molecule has 3 nitrogen and oxygen atoms in total. The summed E-state index contributed by atoms with van der Waals surface area (Å²) in [6, 6.07) is 32.8. The Morgan fingerprint density at radius 1 is 0.607 bits per heavy atom. The summed E-state index contributed by atoms with van der Waals surface area (Å²) in [7, 11) is -3.31. The fourth-order valence-corrected chi connectivity index (χ4v) is 5.63. The molecule has 28 heavy (non-hydrogen) atoms. The number of para-hydroxylation sites is 2. The lowest BCUT2D eigenvalue weighted by Crippen LogP contribution is -2.20. The number of aromatic amines is 1. The van der Waals surface area contributed by atoms with E-state index in [0.717, 1.165) is 21.8 Å². The molecule has 1 N–H and O–H groups in total. The van der Waals surface area contributed by atoms with Crippen LogP contribution in [0, 0.1) is 0 Å². The van der Waals surface area contributed by atoms with Gasteiger partial charge in [0.05, 0.1) is 16.1 Å². The molecule has 0 amide bonds. The van der Waals surface area contributed by atoms with Crippen molar-refractivity contribution in [3.63, 3.8) is 0 Å². The summed E-state index contributed by atoms with van der Waals surface area (Å²) < 4.78 is 20.5. The van der Waals surface area contributed by atoms with Gasteiger partial charge in [0.2, 0.25) is 0 Å². The summed E-state index contributed by atoms with van der Waals surface area (Å²) in [5.74, 6) is 0.588. The second-order valence-electron chi connectivity index (χ2n) is 6.66. The normalized spacial score (nSPS) is 11.7. The molecule has 0 radical (unpaired) electrons. The first-order valence-electron chi connectivity index (χ1n) is 9.16. The molecule has 5 rings (SSSR count). The van der Waals surface area contributed by atoms with E-state index in [1.54, 1.807) is 0 Å². The molecule has 1 heterocycles. The minimum Gasteiger partial charge on any atom is -0.435 e. The summed E-state index contributed by atoms with van der Waals surface area (Å²) in [5, 5.41) is 3.53.